The van der Waals surface area contributed by atoms with Crippen LogP contribution in [0.15, 0.2) is 9.98 Å². The van der Waals surface area contributed by atoms with Crippen LogP contribution in [0, 0.1) is 5.92 Å². The van der Waals surface area contributed by atoms with E-state index in [9.17, 15) is 0 Å². The summed E-state index contributed by atoms with van der Waals surface area (Å²) in [7, 11) is 0. The third-order valence-corrected chi connectivity index (χ3v) is 1.98. The van der Waals surface area contributed by atoms with E-state index in [0.717, 1.165) is 12.3 Å². The topological polar surface area (TPSA) is 24.7 Å². The smallest absolute Gasteiger partial charge is 0.0896 e. The summed E-state index contributed by atoms with van der Waals surface area (Å²) < 4.78 is 0. The molecule has 1 atom stereocenters. The average Bonchev–Trinajstić information content (AvgIpc) is 1.94. The monoisotopic (exact) mass is 152 g/mol. The Bertz CT molecular complexity index is 202. The van der Waals surface area contributed by atoms with Gasteiger partial charge in [-0.1, -0.05) is 13.8 Å². The van der Waals surface area contributed by atoms with Crippen molar-refractivity contribution >= 4 is 11.4 Å². The fourth-order valence-corrected chi connectivity index (χ4v) is 1.34. The van der Waals surface area contributed by atoms with Gasteiger partial charge in [-0.25, -0.2) is 0 Å². The van der Waals surface area contributed by atoms with E-state index < -0.39 is 0 Å². The van der Waals surface area contributed by atoms with Crippen molar-refractivity contribution in [1.29, 1.82) is 0 Å². The minimum absolute atomic E-state index is 0.337. The van der Waals surface area contributed by atoms with Gasteiger partial charge in [-0.05, 0) is 19.8 Å². The zero-order chi connectivity index (χ0) is 8.43. The van der Waals surface area contributed by atoms with Crippen LogP contribution in [0.4, 0.5) is 0 Å². The molecule has 1 aliphatic heterocycles. The molecule has 1 heterocycles. The molecule has 2 nitrogen and oxygen atoms in total. The largest absolute Gasteiger partial charge is 0.286 e. The highest BCUT2D eigenvalue weighted by atomic mass is 14.9. The standard InChI is InChI=1S/C9H16N2/c1-6(2)9-8(4)10-5-7(3)11-9/h6,9H,5H2,1-4H3. The molecule has 0 aromatic carbocycles. The highest BCUT2D eigenvalue weighted by Crippen LogP contribution is 2.12. The lowest BCUT2D eigenvalue weighted by atomic mass is 9.99. The Morgan fingerprint density at radius 3 is 2.45 bits per heavy atom. The molecule has 0 fully saturated rings. The van der Waals surface area contributed by atoms with Crippen molar-refractivity contribution in [2.75, 3.05) is 6.54 Å². The molecule has 1 aliphatic rings. The maximum absolute atomic E-state index is 4.55. The first-order valence-corrected chi connectivity index (χ1v) is 4.15. The first kappa shape index (κ1) is 8.44. The summed E-state index contributed by atoms with van der Waals surface area (Å²) in [4.78, 5) is 8.95. The Kier molecular flexibility index (Phi) is 2.42. The molecular formula is C9H16N2. The molecule has 1 rings (SSSR count). The summed E-state index contributed by atoms with van der Waals surface area (Å²) in [6.45, 7) is 9.29. The maximum Gasteiger partial charge on any atom is 0.0896 e. The van der Waals surface area contributed by atoms with Gasteiger partial charge in [0, 0.05) is 11.4 Å². The number of hydrogen-bond donors (Lipinski definition) is 0. The van der Waals surface area contributed by atoms with Crippen LogP contribution in [0.5, 0.6) is 0 Å². The van der Waals surface area contributed by atoms with Gasteiger partial charge >= 0.3 is 0 Å². The Hall–Kier alpha value is -0.660. The molecule has 0 N–H and O–H groups in total. The maximum atomic E-state index is 4.55. The molecule has 0 aromatic heterocycles. The van der Waals surface area contributed by atoms with Gasteiger partial charge in [0.1, 0.15) is 0 Å². The molecule has 62 valence electrons. The fraction of sp³-hybridized carbons (Fsp3) is 0.778. The van der Waals surface area contributed by atoms with Crippen LogP contribution >= 0.6 is 0 Å². The van der Waals surface area contributed by atoms with E-state index in [1.807, 2.05) is 6.92 Å². The van der Waals surface area contributed by atoms with E-state index in [1.165, 1.54) is 5.71 Å². The number of hydrogen-bond acceptors (Lipinski definition) is 2. The zero-order valence-corrected chi connectivity index (χ0v) is 7.76. The van der Waals surface area contributed by atoms with Crippen molar-refractivity contribution in [2.45, 2.75) is 33.7 Å². The van der Waals surface area contributed by atoms with E-state index in [-0.39, 0.29) is 0 Å². The first-order valence-electron chi connectivity index (χ1n) is 4.15. The lowest BCUT2D eigenvalue weighted by Gasteiger charge is -2.20. The Morgan fingerprint density at radius 2 is 2.00 bits per heavy atom. The summed E-state index contributed by atoms with van der Waals surface area (Å²) in [5, 5.41) is 0. The number of nitrogens with zero attached hydrogens (tertiary/aromatic N) is 2. The lowest BCUT2D eigenvalue weighted by Crippen LogP contribution is -2.28. The molecule has 0 aliphatic carbocycles. The van der Waals surface area contributed by atoms with E-state index in [0.29, 0.717) is 12.0 Å². The second kappa shape index (κ2) is 3.16. The zero-order valence-electron chi connectivity index (χ0n) is 7.76. The molecule has 2 heteroatoms. The lowest BCUT2D eigenvalue weighted by molar-refractivity contribution is 0.589. The van der Waals surface area contributed by atoms with Gasteiger partial charge in [-0.15, -0.1) is 0 Å². The molecule has 0 saturated carbocycles. The number of rotatable bonds is 1. The quantitative estimate of drug-likeness (QED) is 0.548. The molecule has 0 aromatic rings. The Morgan fingerprint density at radius 1 is 1.36 bits per heavy atom. The minimum Gasteiger partial charge on any atom is -0.286 e. The van der Waals surface area contributed by atoms with Crippen LogP contribution < -0.4 is 0 Å². The van der Waals surface area contributed by atoms with Crippen molar-refractivity contribution in [3.05, 3.63) is 0 Å². The summed E-state index contributed by atoms with van der Waals surface area (Å²) in [6, 6.07) is 0.337. The fourth-order valence-electron chi connectivity index (χ4n) is 1.34. The van der Waals surface area contributed by atoms with Crippen molar-refractivity contribution in [3.8, 4) is 0 Å². The van der Waals surface area contributed by atoms with Crippen molar-refractivity contribution in [2.24, 2.45) is 15.9 Å². The normalized spacial score (nSPS) is 25.0. The highest BCUT2D eigenvalue weighted by Gasteiger charge is 2.17. The first-order chi connectivity index (χ1) is 5.11. The molecule has 1 unspecified atom stereocenters. The average molecular weight is 152 g/mol. The SMILES string of the molecule is CC1=NC(C(C)C)C(C)=NC1. The predicted molar refractivity (Wildman–Crippen MR) is 49.7 cm³/mol. The molecular weight excluding hydrogens is 136 g/mol. The molecule has 0 saturated heterocycles. The van der Waals surface area contributed by atoms with Gasteiger partial charge < -0.3 is 0 Å². The van der Waals surface area contributed by atoms with Crippen LogP contribution in [-0.2, 0) is 0 Å². The Labute approximate surface area is 68.4 Å². The summed E-state index contributed by atoms with van der Waals surface area (Å²) in [5.41, 5.74) is 2.35. The van der Waals surface area contributed by atoms with Gasteiger partial charge in [0.2, 0.25) is 0 Å². The van der Waals surface area contributed by atoms with Crippen LogP contribution in [0.25, 0.3) is 0 Å². The van der Waals surface area contributed by atoms with Crippen LogP contribution in [0.2, 0.25) is 0 Å². The van der Waals surface area contributed by atoms with Gasteiger partial charge in [0.25, 0.3) is 0 Å². The third kappa shape index (κ3) is 1.88. The molecule has 0 radical (unpaired) electrons. The van der Waals surface area contributed by atoms with Gasteiger partial charge in [0.15, 0.2) is 0 Å². The van der Waals surface area contributed by atoms with E-state index >= 15 is 0 Å². The molecule has 0 spiro atoms. The van der Waals surface area contributed by atoms with Crippen molar-refractivity contribution < 1.29 is 0 Å². The number of aliphatic imine (C=N–C) groups is 2. The highest BCUT2D eigenvalue weighted by molar-refractivity contribution is 5.97. The van der Waals surface area contributed by atoms with Crippen LogP contribution in [-0.4, -0.2) is 24.0 Å². The molecule has 0 bridgehead atoms. The molecule has 11 heavy (non-hydrogen) atoms. The van der Waals surface area contributed by atoms with Gasteiger partial charge in [-0.2, -0.15) is 0 Å². The molecule has 0 amide bonds. The van der Waals surface area contributed by atoms with Crippen molar-refractivity contribution in [1.82, 2.24) is 0 Å². The predicted octanol–water partition coefficient (Wildman–Crippen LogP) is 1.95. The summed E-state index contributed by atoms with van der Waals surface area (Å²) in [5.74, 6) is 0.578. The third-order valence-electron chi connectivity index (χ3n) is 1.98. The minimum atomic E-state index is 0.337. The van der Waals surface area contributed by atoms with Crippen molar-refractivity contribution in [3.63, 3.8) is 0 Å². The van der Waals surface area contributed by atoms with Crippen LogP contribution in [0.1, 0.15) is 27.7 Å². The van der Waals surface area contributed by atoms with E-state index in [2.05, 4.69) is 30.8 Å². The van der Waals surface area contributed by atoms with Gasteiger partial charge in [-0.3, -0.25) is 9.98 Å². The Balaban J connectivity index is 2.76. The second-order valence-electron chi connectivity index (χ2n) is 3.51. The summed E-state index contributed by atoms with van der Waals surface area (Å²) >= 11 is 0. The summed E-state index contributed by atoms with van der Waals surface area (Å²) in [6.07, 6.45) is 0. The second-order valence-corrected chi connectivity index (χ2v) is 3.51. The van der Waals surface area contributed by atoms with E-state index in [1.54, 1.807) is 0 Å². The van der Waals surface area contributed by atoms with E-state index in [4.69, 9.17) is 0 Å². The van der Waals surface area contributed by atoms with Crippen LogP contribution in [0.3, 0.4) is 0 Å². The van der Waals surface area contributed by atoms with Gasteiger partial charge in [0.05, 0.1) is 12.6 Å².